The van der Waals surface area contributed by atoms with Gasteiger partial charge in [-0.2, -0.15) is 4.99 Å². The maximum Gasteiger partial charge on any atom is 0.341 e. The van der Waals surface area contributed by atoms with Crippen molar-refractivity contribution in [3.05, 3.63) is 87.5 Å². The lowest BCUT2D eigenvalue weighted by Crippen LogP contribution is -2.35. The summed E-state index contributed by atoms with van der Waals surface area (Å²) >= 11 is 0. The highest BCUT2D eigenvalue weighted by Gasteiger charge is 2.24. The normalized spacial score (nSPS) is 16.1. The number of hydrogen-bond acceptors (Lipinski definition) is 6. The third-order valence-electron chi connectivity index (χ3n) is 6.01. The summed E-state index contributed by atoms with van der Waals surface area (Å²) in [5.74, 6) is -2.38. The van der Waals surface area contributed by atoms with Gasteiger partial charge < -0.3 is 14.0 Å². The van der Waals surface area contributed by atoms with Crippen LogP contribution in [-0.4, -0.2) is 45.1 Å². The fourth-order valence-electron chi connectivity index (χ4n) is 4.31. The van der Waals surface area contributed by atoms with E-state index in [0.29, 0.717) is 12.3 Å². The molecular formula is C26H23FN4O5. The Morgan fingerprint density at radius 2 is 2.00 bits per heavy atom. The van der Waals surface area contributed by atoms with Crippen LogP contribution in [0.3, 0.4) is 0 Å². The first-order valence-electron chi connectivity index (χ1n) is 11.6. The molecule has 1 aliphatic rings. The molecule has 0 unspecified atom stereocenters. The van der Waals surface area contributed by atoms with Gasteiger partial charge in [-0.3, -0.25) is 14.0 Å². The first kappa shape index (κ1) is 23.6. The quantitative estimate of drug-likeness (QED) is 0.315. The predicted octanol–water partition coefficient (Wildman–Crippen LogP) is 2.89. The van der Waals surface area contributed by atoms with Crippen molar-refractivity contribution in [1.82, 2.24) is 14.0 Å². The zero-order chi connectivity index (χ0) is 25.2. The first-order chi connectivity index (χ1) is 17.5. The van der Waals surface area contributed by atoms with E-state index in [9.17, 15) is 18.8 Å². The van der Waals surface area contributed by atoms with E-state index in [1.807, 2.05) is 0 Å². The molecule has 0 spiro atoms. The average Bonchev–Trinajstić information content (AvgIpc) is 3.39. The van der Waals surface area contributed by atoms with E-state index >= 15 is 0 Å². The van der Waals surface area contributed by atoms with Crippen LogP contribution in [0.15, 0.2) is 64.5 Å². The highest BCUT2D eigenvalue weighted by Crippen LogP contribution is 2.18. The molecule has 5 rings (SSSR count). The summed E-state index contributed by atoms with van der Waals surface area (Å²) in [5.41, 5.74) is -0.197. The Morgan fingerprint density at radius 3 is 2.75 bits per heavy atom. The second-order valence-electron chi connectivity index (χ2n) is 8.33. The van der Waals surface area contributed by atoms with Crippen LogP contribution in [0.5, 0.6) is 0 Å². The maximum absolute atomic E-state index is 14.4. The zero-order valence-corrected chi connectivity index (χ0v) is 19.5. The van der Waals surface area contributed by atoms with Crippen LogP contribution in [0.1, 0.15) is 40.5 Å². The Kier molecular flexibility index (Phi) is 6.43. The zero-order valence-electron chi connectivity index (χ0n) is 19.5. The summed E-state index contributed by atoms with van der Waals surface area (Å²) in [4.78, 5) is 48.3. The largest absolute Gasteiger partial charge is 0.462 e. The number of halogens is 1. The topological polar surface area (TPSA) is 104 Å². The van der Waals surface area contributed by atoms with Gasteiger partial charge in [-0.05, 0) is 50.1 Å². The summed E-state index contributed by atoms with van der Waals surface area (Å²) in [6.45, 7) is 2.46. The van der Waals surface area contributed by atoms with Crippen LogP contribution in [0.25, 0.3) is 16.7 Å². The van der Waals surface area contributed by atoms with Crippen molar-refractivity contribution in [3.63, 3.8) is 0 Å². The molecule has 0 bridgehead atoms. The van der Waals surface area contributed by atoms with Crippen LogP contribution in [0.4, 0.5) is 4.39 Å². The number of pyridine rings is 2. The summed E-state index contributed by atoms with van der Waals surface area (Å²) in [6.07, 6.45) is 2.92. The summed E-state index contributed by atoms with van der Waals surface area (Å²) in [5, 5.41) is 0.150. The van der Waals surface area contributed by atoms with Crippen molar-refractivity contribution in [1.29, 1.82) is 0 Å². The van der Waals surface area contributed by atoms with Gasteiger partial charge in [-0.25, -0.2) is 14.2 Å². The number of hydrogen-bond donors (Lipinski definition) is 0. The third-order valence-corrected chi connectivity index (χ3v) is 6.01. The number of amides is 1. The number of aromatic nitrogens is 3. The molecular weight excluding hydrogens is 467 g/mol. The number of esters is 1. The molecule has 1 amide bonds. The van der Waals surface area contributed by atoms with Crippen molar-refractivity contribution in [2.75, 3.05) is 13.2 Å². The second kappa shape index (κ2) is 9.82. The van der Waals surface area contributed by atoms with Gasteiger partial charge in [0.25, 0.3) is 11.5 Å². The molecule has 1 aromatic carbocycles. The van der Waals surface area contributed by atoms with E-state index in [1.165, 1.54) is 33.2 Å². The Balaban J connectivity index is 1.87. The fraction of sp³-hybridized carbons (Fsp3) is 0.269. The van der Waals surface area contributed by atoms with Crippen LogP contribution in [0, 0.1) is 5.82 Å². The van der Waals surface area contributed by atoms with E-state index in [1.54, 1.807) is 31.3 Å². The number of fused-ring (bicyclic) bond motifs is 2. The van der Waals surface area contributed by atoms with Gasteiger partial charge in [-0.15, -0.1) is 0 Å². The molecule has 1 saturated heterocycles. The lowest BCUT2D eigenvalue weighted by atomic mass is 10.1. The van der Waals surface area contributed by atoms with Crippen LogP contribution in [0.2, 0.25) is 0 Å². The number of benzene rings is 1. The molecule has 0 N–H and O–H groups in total. The number of carbonyl (C=O) groups is 2. The molecule has 184 valence electrons. The van der Waals surface area contributed by atoms with Crippen LogP contribution >= 0.6 is 0 Å². The Hall–Kier alpha value is -4.18. The molecule has 1 fully saturated rings. The minimum absolute atomic E-state index is 0.0677. The summed E-state index contributed by atoms with van der Waals surface area (Å²) in [6, 6.07) is 11.9. The lowest BCUT2D eigenvalue weighted by molar-refractivity contribution is 0.0521. The van der Waals surface area contributed by atoms with Gasteiger partial charge in [0.05, 0.1) is 30.2 Å². The number of nitrogens with zero attached hydrogens (tertiary/aromatic N) is 4. The Bertz CT molecular complexity index is 1620. The van der Waals surface area contributed by atoms with Gasteiger partial charge in [-0.1, -0.05) is 18.2 Å². The van der Waals surface area contributed by atoms with Crippen molar-refractivity contribution in [2.24, 2.45) is 4.99 Å². The van der Waals surface area contributed by atoms with E-state index in [2.05, 4.69) is 9.98 Å². The highest BCUT2D eigenvalue weighted by atomic mass is 19.1. The molecule has 0 radical (unpaired) electrons. The lowest BCUT2D eigenvalue weighted by Gasteiger charge is -2.18. The molecule has 4 aromatic rings. The van der Waals surface area contributed by atoms with Crippen molar-refractivity contribution < 1.29 is 23.5 Å². The van der Waals surface area contributed by atoms with Crippen molar-refractivity contribution >= 4 is 28.6 Å². The van der Waals surface area contributed by atoms with E-state index in [0.717, 1.165) is 18.9 Å². The number of rotatable bonds is 5. The molecule has 0 aliphatic carbocycles. The number of ether oxygens (including phenoxy) is 2. The van der Waals surface area contributed by atoms with Gasteiger partial charge >= 0.3 is 5.97 Å². The molecule has 1 atom stereocenters. The van der Waals surface area contributed by atoms with Gasteiger partial charge in [0.1, 0.15) is 22.7 Å². The molecule has 36 heavy (non-hydrogen) atoms. The van der Waals surface area contributed by atoms with Crippen molar-refractivity contribution in [3.8, 4) is 0 Å². The first-order valence-corrected chi connectivity index (χ1v) is 11.6. The van der Waals surface area contributed by atoms with E-state index < -0.39 is 23.3 Å². The summed E-state index contributed by atoms with van der Waals surface area (Å²) < 4.78 is 28.3. The van der Waals surface area contributed by atoms with E-state index in [-0.39, 0.29) is 46.9 Å². The SMILES string of the molecule is CCOC(=O)c1cc2c(=O)n3ccccc3nc2n(C[C@@H]2CCCO2)c1=NC(=O)c1ccccc1F. The van der Waals surface area contributed by atoms with Gasteiger partial charge in [0.2, 0.25) is 0 Å². The monoisotopic (exact) mass is 490 g/mol. The molecule has 4 heterocycles. The minimum atomic E-state index is -0.878. The van der Waals surface area contributed by atoms with Gasteiger partial charge in [0.15, 0.2) is 5.49 Å². The Labute approximate surface area is 204 Å². The van der Waals surface area contributed by atoms with Gasteiger partial charge in [0, 0.05) is 12.8 Å². The fourth-order valence-corrected chi connectivity index (χ4v) is 4.31. The average molecular weight is 490 g/mol. The molecule has 1 aliphatic heterocycles. The molecule has 10 heteroatoms. The minimum Gasteiger partial charge on any atom is -0.462 e. The standard InChI is InChI=1S/C26H23FN4O5/c1-2-35-26(34)19-14-18-22(28-21-11-5-6-12-30(21)25(18)33)31(15-16-8-7-13-36-16)23(19)29-24(32)17-9-3-4-10-20(17)27/h3-6,9-12,14,16H,2,7-8,13,15H2,1H3/t16-/m0/s1. The molecule has 0 saturated carbocycles. The smallest absolute Gasteiger partial charge is 0.341 e. The Morgan fingerprint density at radius 1 is 1.19 bits per heavy atom. The van der Waals surface area contributed by atoms with Crippen LogP contribution in [-0.2, 0) is 16.0 Å². The molecule has 9 nitrogen and oxygen atoms in total. The van der Waals surface area contributed by atoms with Crippen LogP contribution < -0.4 is 11.0 Å². The third kappa shape index (κ3) is 4.31. The second-order valence-corrected chi connectivity index (χ2v) is 8.33. The maximum atomic E-state index is 14.4. The summed E-state index contributed by atoms with van der Waals surface area (Å²) in [7, 11) is 0. The predicted molar refractivity (Wildman–Crippen MR) is 128 cm³/mol. The number of carbonyl (C=O) groups excluding carboxylic acids is 2. The van der Waals surface area contributed by atoms with Crippen molar-refractivity contribution in [2.45, 2.75) is 32.4 Å². The molecule has 3 aromatic heterocycles. The van der Waals surface area contributed by atoms with E-state index in [4.69, 9.17) is 9.47 Å². The highest BCUT2D eigenvalue weighted by molar-refractivity contribution is 5.97.